The maximum absolute atomic E-state index is 13.0. The first kappa shape index (κ1) is 21.7. The third kappa shape index (κ3) is 6.24. The Bertz CT molecular complexity index is 1080. The molecule has 0 aromatic heterocycles. The first-order valence-corrected chi connectivity index (χ1v) is 9.75. The minimum Gasteiger partial charge on any atom is -0.488 e. The molecule has 7 heteroatoms. The van der Waals surface area contributed by atoms with Crippen molar-refractivity contribution in [1.82, 2.24) is 5.43 Å². The molecule has 0 heterocycles. The molecule has 0 fully saturated rings. The molecule has 2 amide bonds. The second-order valence-electron chi connectivity index (χ2n) is 6.62. The Balaban J connectivity index is 1.58. The zero-order valence-corrected chi connectivity index (χ0v) is 17.0. The van der Waals surface area contributed by atoms with Gasteiger partial charge in [-0.25, -0.2) is 9.82 Å². The number of para-hydroxylation sites is 2. The summed E-state index contributed by atoms with van der Waals surface area (Å²) in [4.78, 5) is 24.2. The predicted molar refractivity (Wildman–Crippen MR) is 117 cm³/mol. The van der Waals surface area contributed by atoms with Crippen LogP contribution in [0.2, 0.25) is 0 Å². The van der Waals surface area contributed by atoms with Gasteiger partial charge in [-0.3, -0.25) is 9.59 Å². The van der Waals surface area contributed by atoms with Crippen molar-refractivity contribution >= 4 is 23.7 Å². The molecule has 0 spiro atoms. The fourth-order valence-corrected chi connectivity index (χ4v) is 2.80. The van der Waals surface area contributed by atoms with Crippen LogP contribution in [0.5, 0.6) is 5.75 Å². The van der Waals surface area contributed by atoms with Crippen LogP contribution in [0.15, 0.2) is 77.9 Å². The number of rotatable bonds is 7. The van der Waals surface area contributed by atoms with Crippen molar-refractivity contribution in [3.8, 4) is 5.75 Å². The van der Waals surface area contributed by atoms with Gasteiger partial charge in [0.25, 0.3) is 0 Å². The van der Waals surface area contributed by atoms with Gasteiger partial charge in [0.2, 0.25) is 0 Å². The van der Waals surface area contributed by atoms with E-state index in [9.17, 15) is 14.0 Å². The molecule has 0 bridgehead atoms. The first-order chi connectivity index (χ1) is 15.1. The van der Waals surface area contributed by atoms with E-state index in [1.165, 1.54) is 18.3 Å². The Morgan fingerprint density at radius 3 is 2.45 bits per heavy atom. The van der Waals surface area contributed by atoms with Gasteiger partial charge in [-0.1, -0.05) is 49.4 Å². The molecule has 0 aliphatic rings. The van der Waals surface area contributed by atoms with Crippen LogP contribution in [0.25, 0.3) is 0 Å². The van der Waals surface area contributed by atoms with Crippen LogP contribution in [0.4, 0.5) is 10.1 Å². The molecular formula is C24H22FN3O3. The molecule has 3 aromatic carbocycles. The molecule has 0 atom stereocenters. The van der Waals surface area contributed by atoms with Crippen LogP contribution in [-0.4, -0.2) is 18.0 Å². The number of carbonyl (C=O) groups excluding carboxylic acids is 2. The van der Waals surface area contributed by atoms with E-state index in [0.717, 1.165) is 17.5 Å². The second-order valence-corrected chi connectivity index (χ2v) is 6.62. The molecule has 0 radical (unpaired) electrons. The van der Waals surface area contributed by atoms with Gasteiger partial charge in [-0.05, 0) is 47.9 Å². The Morgan fingerprint density at radius 2 is 1.68 bits per heavy atom. The molecule has 3 rings (SSSR count). The lowest BCUT2D eigenvalue weighted by Crippen LogP contribution is -2.32. The molecule has 31 heavy (non-hydrogen) atoms. The Morgan fingerprint density at radius 1 is 0.968 bits per heavy atom. The first-order valence-electron chi connectivity index (χ1n) is 9.75. The summed E-state index contributed by atoms with van der Waals surface area (Å²) in [5, 5.41) is 6.45. The zero-order chi connectivity index (χ0) is 22.1. The van der Waals surface area contributed by atoms with Crippen LogP contribution < -0.4 is 15.5 Å². The summed E-state index contributed by atoms with van der Waals surface area (Å²) in [7, 11) is 0. The highest BCUT2D eigenvalue weighted by molar-refractivity contribution is 6.39. The molecule has 0 aliphatic carbocycles. The van der Waals surface area contributed by atoms with Crippen LogP contribution >= 0.6 is 0 Å². The van der Waals surface area contributed by atoms with Crippen molar-refractivity contribution in [3.63, 3.8) is 0 Å². The molecular weight excluding hydrogens is 397 g/mol. The van der Waals surface area contributed by atoms with Crippen molar-refractivity contribution in [2.75, 3.05) is 5.32 Å². The maximum Gasteiger partial charge on any atom is 0.329 e. The lowest BCUT2D eigenvalue weighted by molar-refractivity contribution is -0.136. The van der Waals surface area contributed by atoms with Crippen molar-refractivity contribution < 1.29 is 18.7 Å². The van der Waals surface area contributed by atoms with Crippen molar-refractivity contribution in [2.45, 2.75) is 20.0 Å². The summed E-state index contributed by atoms with van der Waals surface area (Å²) in [6.07, 6.45) is 2.12. The van der Waals surface area contributed by atoms with Gasteiger partial charge in [0, 0.05) is 11.3 Å². The monoisotopic (exact) mass is 419 g/mol. The molecule has 0 saturated carbocycles. The van der Waals surface area contributed by atoms with E-state index in [0.29, 0.717) is 17.0 Å². The largest absolute Gasteiger partial charge is 0.488 e. The van der Waals surface area contributed by atoms with Gasteiger partial charge in [0.05, 0.1) is 6.21 Å². The SMILES string of the molecule is CCc1ccccc1NC(=O)C(=O)N/N=C\c1ccccc1OCc1ccc(F)cc1. The number of amides is 2. The van der Waals surface area contributed by atoms with Crippen LogP contribution in [0.1, 0.15) is 23.6 Å². The Hall–Kier alpha value is -4.00. The normalized spacial score (nSPS) is 10.6. The topological polar surface area (TPSA) is 79.8 Å². The van der Waals surface area contributed by atoms with Gasteiger partial charge < -0.3 is 10.1 Å². The number of ether oxygens (including phenoxy) is 1. The van der Waals surface area contributed by atoms with Gasteiger partial charge >= 0.3 is 11.8 Å². The molecule has 0 saturated heterocycles. The molecule has 0 unspecified atom stereocenters. The fourth-order valence-electron chi connectivity index (χ4n) is 2.80. The quantitative estimate of drug-likeness (QED) is 0.344. The average molecular weight is 419 g/mol. The van der Waals surface area contributed by atoms with E-state index in [1.54, 1.807) is 48.5 Å². The molecule has 6 nitrogen and oxygen atoms in total. The van der Waals surface area contributed by atoms with Gasteiger partial charge in [-0.15, -0.1) is 0 Å². The number of halogens is 1. The van der Waals surface area contributed by atoms with E-state index < -0.39 is 11.8 Å². The second kappa shape index (κ2) is 10.7. The molecule has 2 N–H and O–H groups in total. The predicted octanol–water partition coefficient (Wildman–Crippen LogP) is 4.06. The highest BCUT2D eigenvalue weighted by Crippen LogP contribution is 2.18. The smallest absolute Gasteiger partial charge is 0.329 e. The zero-order valence-electron chi connectivity index (χ0n) is 17.0. The number of hydrazone groups is 1. The number of aryl methyl sites for hydroxylation is 1. The van der Waals surface area contributed by atoms with Crippen molar-refractivity contribution in [1.29, 1.82) is 0 Å². The van der Waals surface area contributed by atoms with Gasteiger partial charge in [0.15, 0.2) is 0 Å². The summed E-state index contributed by atoms with van der Waals surface area (Å²) in [6, 6.07) is 20.4. The van der Waals surface area contributed by atoms with E-state index in [-0.39, 0.29) is 12.4 Å². The summed E-state index contributed by atoms with van der Waals surface area (Å²) < 4.78 is 18.8. The third-order valence-electron chi connectivity index (χ3n) is 4.45. The number of hydrogen-bond donors (Lipinski definition) is 2. The molecule has 0 aliphatic heterocycles. The molecule has 3 aromatic rings. The number of hydrogen-bond acceptors (Lipinski definition) is 4. The van der Waals surface area contributed by atoms with Crippen LogP contribution in [-0.2, 0) is 22.6 Å². The molecule has 158 valence electrons. The summed E-state index contributed by atoms with van der Waals surface area (Å²) in [5.41, 5.74) is 5.16. The number of anilines is 1. The van der Waals surface area contributed by atoms with Gasteiger partial charge in [0.1, 0.15) is 18.2 Å². The number of carbonyl (C=O) groups is 2. The summed E-state index contributed by atoms with van der Waals surface area (Å²) >= 11 is 0. The van der Waals surface area contributed by atoms with Crippen LogP contribution in [0.3, 0.4) is 0 Å². The minimum atomic E-state index is -0.883. The van der Waals surface area contributed by atoms with E-state index in [1.807, 2.05) is 19.1 Å². The minimum absolute atomic E-state index is 0.247. The lowest BCUT2D eigenvalue weighted by atomic mass is 10.1. The van der Waals surface area contributed by atoms with Crippen molar-refractivity contribution in [2.24, 2.45) is 5.10 Å². The fraction of sp³-hybridized carbons (Fsp3) is 0.125. The number of nitrogens with zero attached hydrogens (tertiary/aromatic N) is 1. The van der Waals surface area contributed by atoms with E-state index >= 15 is 0 Å². The highest BCUT2D eigenvalue weighted by atomic mass is 19.1. The summed E-state index contributed by atoms with van der Waals surface area (Å²) in [5.74, 6) is -1.47. The maximum atomic E-state index is 13.0. The third-order valence-corrected chi connectivity index (χ3v) is 4.45. The highest BCUT2D eigenvalue weighted by Gasteiger charge is 2.14. The number of nitrogens with one attached hydrogen (secondary N) is 2. The average Bonchev–Trinajstić information content (AvgIpc) is 2.79. The van der Waals surface area contributed by atoms with E-state index in [2.05, 4.69) is 15.8 Å². The Labute approximate surface area is 179 Å². The van der Waals surface area contributed by atoms with Crippen molar-refractivity contribution in [3.05, 3.63) is 95.3 Å². The number of benzene rings is 3. The van der Waals surface area contributed by atoms with Crippen LogP contribution in [0, 0.1) is 5.82 Å². The Kier molecular flexibility index (Phi) is 7.48. The lowest BCUT2D eigenvalue weighted by Gasteiger charge is -2.09. The van der Waals surface area contributed by atoms with E-state index in [4.69, 9.17) is 4.74 Å². The summed E-state index contributed by atoms with van der Waals surface area (Å²) in [6.45, 7) is 2.21. The standard InChI is InChI=1S/C24H22FN3O3/c1-2-18-7-3-5-9-21(18)27-23(29)24(30)28-26-15-19-8-4-6-10-22(19)31-16-17-11-13-20(25)14-12-17/h3-15H,2,16H2,1H3,(H,27,29)(H,28,30)/b26-15-. The van der Waals surface area contributed by atoms with Gasteiger partial charge in [-0.2, -0.15) is 5.10 Å².